The summed E-state index contributed by atoms with van der Waals surface area (Å²) < 4.78 is 12.9. The molecular weight excluding hydrogens is 1010 g/mol. The summed E-state index contributed by atoms with van der Waals surface area (Å²) in [6, 6.07) is -0.584. The van der Waals surface area contributed by atoms with E-state index in [-0.39, 0.29) is 42.8 Å². The predicted octanol–water partition coefficient (Wildman–Crippen LogP) is 3.11. The van der Waals surface area contributed by atoms with Gasteiger partial charge in [-0.1, -0.05) is 58.1 Å². The van der Waals surface area contributed by atoms with Crippen molar-refractivity contribution in [2.24, 2.45) is 91.0 Å². The summed E-state index contributed by atoms with van der Waals surface area (Å²) in [5.74, 6) is 2.88. The number of nitrogens with zero attached hydrogens (tertiary/aromatic N) is 2. The van der Waals surface area contributed by atoms with E-state index in [1.807, 2.05) is 20.2 Å². The van der Waals surface area contributed by atoms with Crippen LogP contribution in [0.25, 0.3) is 0 Å². The largest absolute Gasteiger partial charge is 0.481 e. The Balaban J connectivity index is 1.15. The zero-order valence-electron chi connectivity index (χ0n) is 46.8. The van der Waals surface area contributed by atoms with E-state index in [1.165, 1.54) is 0 Å². The number of aromatic amines is 2. The summed E-state index contributed by atoms with van der Waals surface area (Å²) in [4.78, 5) is 45.4. The van der Waals surface area contributed by atoms with E-state index >= 15 is 4.79 Å². The average molecular weight is 1100 g/mol. The van der Waals surface area contributed by atoms with Crippen LogP contribution in [0.2, 0.25) is 0 Å². The number of hydrogen-bond donors (Lipinski definition) is 13. The molecule has 0 radical (unpaired) electrons. The van der Waals surface area contributed by atoms with Gasteiger partial charge in [0.15, 0.2) is 6.29 Å². The predicted molar refractivity (Wildman–Crippen MR) is 288 cm³/mol. The Morgan fingerprint density at radius 1 is 0.937 bits per heavy atom. The molecule has 5 saturated carbocycles. The Hall–Kier alpha value is -3.78. The van der Waals surface area contributed by atoms with Crippen molar-refractivity contribution in [1.82, 2.24) is 30.6 Å². The monoisotopic (exact) mass is 1100 g/mol. The Morgan fingerprint density at radius 2 is 1.68 bits per heavy atom. The zero-order valence-corrected chi connectivity index (χ0v) is 46.8. The number of allylic oxidation sites excluding steroid dienone is 2. The van der Waals surface area contributed by atoms with Gasteiger partial charge in [0.1, 0.15) is 24.5 Å². The van der Waals surface area contributed by atoms with E-state index in [2.05, 4.69) is 69.3 Å². The van der Waals surface area contributed by atoms with Crippen LogP contribution in [0.1, 0.15) is 135 Å². The van der Waals surface area contributed by atoms with Crippen molar-refractivity contribution in [1.29, 1.82) is 0 Å². The number of nitrogens with one attached hydrogen (secondary N) is 4. The van der Waals surface area contributed by atoms with E-state index in [1.54, 1.807) is 18.9 Å². The Labute approximate surface area is 464 Å². The van der Waals surface area contributed by atoms with Crippen molar-refractivity contribution in [2.45, 2.75) is 179 Å². The molecule has 19 nitrogen and oxygen atoms in total. The molecule has 23 atom stereocenters. The number of carboxylic acids is 1. The number of nitrogens with two attached hydrogens (primary N) is 1. The van der Waals surface area contributed by atoms with Crippen molar-refractivity contribution in [3.8, 4) is 11.8 Å². The molecule has 2 aliphatic heterocycles. The Morgan fingerprint density at radius 3 is 2.34 bits per heavy atom. The molecule has 4 bridgehead atoms. The van der Waals surface area contributed by atoms with Crippen LogP contribution in [0.15, 0.2) is 36.7 Å². The van der Waals surface area contributed by atoms with E-state index in [9.17, 15) is 45.6 Å². The van der Waals surface area contributed by atoms with E-state index in [0.717, 1.165) is 29.8 Å². The highest BCUT2D eigenvalue weighted by atomic mass is 16.7. The summed E-state index contributed by atoms with van der Waals surface area (Å²) >= 11 is 0. The maximum absolute atomic E-state index is 15.4. The SMILES string of the molecule is CNC[C@H](C[C@@H](c1cnc[nH]1)[C@@H]1NC(=O)C2(CCCC2)[C@@H]1[C@H]1C#CCC[C@@]23C(=CC[C@@H]4[C@@]5(C)[C@@H]1[C@@H](O)[C@@H](O[C@@H]1OC[C@@H](O)[C@H](O)[C@H]1O)[C@@](C)(CO)[C@H]5CC[C@]42C)[C@@H]1C[C@@](C)(CO)CC[C@]1(C(=O)O)C[C@@H]3Cc1cnc[nH]1)[C@@H](N)O. The highest BCUT2D eigenvalue weighted by Gasteiger charge is 2.77. The third-order valence-electron chi connectivity index (χ3n) is 24.1. The third kappa shape index (κ3) is 8.44. The number of aliphatic carboxylic acids is 1. The molecular formula is C60H89N7O12. The minimum atomic E-state index is -1.69. The van der Waals surface area contributed by atoms with E-state index in [4.69, 9.17) is 15.2 Å². The minimum Gasteiger partial charge on any atom is -0.481 e. The number of carbonyl (C=O) groups is 2. The van der Waals surface area contributed by atoms with Crippen molar-refractivity contribution in [3.05, 3.63) is 48.1 Å². The first-order valence-corrected chi connectivity index (χ1v) is 29.6. The lowest BCUT2D eigenvalue weighted by molar-refractivity contribution is -0.344. The first kappa shape index (κ1) is 57.1. The van der Waals surface area contributed by atoms with Gasteiger partial charge in [0.05, 0.1) is 48.9 Å². The van der Waals surface area contributed by atoms with Gasteiger partial charge >= 0.3 is 5.97 Å². The number of hydrogen-bond acceptors (Lipinski definition) is 15. The number of carbonyl (C=O) groups excluding carboxylic acids is 1. The number of carboxylic acid groups (broad SMARTS) is 1. The van der Waals surface area contributed by atoms with Gasteiger partial charge in [-0.05, 0) is 124 Å². The van der Waals surface area contributed by atoms with Crippen LogP contribution in [0.3, 0.4) is 0 Å². The molecule has 7 fully saturated rings. The summed E-state index contributed by atoms with van der Waals surface area (Å²) in [6.45, 7) is 8.35. The van der Waals surface area contributed by atoms with Crippen LogP contribution in [0.5, 0.6) is 0 Å². The number of aromatic nitrogens is 4. The molecule has 9 aliphatic rings. The topological polar surface area (TPSA) is 322 Å². The normalized spacial score (nSPS) is 46.2. The van der Waals surface area contributed by atoms with Crippen LogP contribution < -0.4 is 16.4 Å². The quantitative estimate of drug-likeness (QED) is 0.0528. The number of amides is 1. The second kappa shape index (κ2) is 20.8. The molecule has 2 aromatic rings. The van der Waals surface area contributed by atoms with Gasteiger partial charge in [0.2, 0.25) is 5.91 Å². The second-order valence-corrected chi connectivity index (χ2v) is 27.5. The Kier molecular flexibility index (Phi) is 15.0. The molecule has 1 amide bonds. The van der Waals surface area contributed by atoms with Gasteiger partial charge in [-0.15, -0.1) is 5.92 Å². The molecule has 2 saturated heterocycles. The van der Waals surface area contributed by atoms with Crippen LogP contribution in [-0.2, 0) is 25.5 Å². The fourth-order valence-electron chi connectivity index (χ4n) is 20.4. The number of H-pyrrole nitrogens is 2. The lowest BCUT2D eigenvalue weighted by Crippen LogP contribution is -2.74. The van der Waals surface area contributed by atoms with Crippen LogP contribution in [0.4, 0.5) is 0 Å². The molecule has 436 valence electrons. The zero-order chi connectivity index (χ0) is 56.2. The van der Waals surface area contributed by atoms with Gasteiger partial charge < -0.3 is 76.7 Å². The molecule has 0 unspecified atom stereocenters. The van der Waals surface area contributed by atoms with Crippen LogP contribution in [0, 0.1) is 97.1 Å². The van der Waals surface area contributed by atoms with Crippen molar-refractivity contribution in [3.63, 3.8) is 0 Å². The summed E-state index contributed by atoms with van der Waals surface area (Å²) in [5, 5.41) is 100. The molecule has 4 heterocycles. The van der Waals surface area contributed by atoms with Gasteiger partial charge in [-0.25, -0.2) is 9.97 Å². The number of aliphatic hydroxyl groups is 7. The maximum atomic E-state index is 15.4. The average Bonchev–Trinajstić information content (AvgIpc) is 2.37. The van der Waals surface area contributed by atoms with E-state index < -0.39 is 129 Å². The molecule has 19 heteroatoms. The molecule has 79 heavy (non-hydrogen) atoms. The number of rotatable bonds is 15. The standard InChI is InChI=1S/C60H89N7O12/c1-54(28-68)18-19-59(53(76)77)22-33(21-34-25-63-30-65-34)60-16-7-6-10-35(43-45(67-52(75)58(43)14-8-9-15-58)36(39-26-64-31-66-39)20-32(24-62-5)50(61)74)44-47(72)49(79-51-48(73)46(71)40(70)27-78-51)55(2,29-69)41-13-17-56(60,3)42(57(41,44)4)12-11-37(60)38(59)23-54/h11,25-26,30-33,35-36,38,40-51,62,68-74H,7-9,12-24,27-29,61H2,1-5H3,(H,63,65)(H,64,66)(H,67,75)(H,76,77)/t32-,33-,35+,36-,38-,40+,41+,42-,43+,44-,45-,46-,47+,48+,49+,50-,51-,54-,55-,56+,57-,59-,60+/m0/s1. The number of aliphatic hydroxyl groups excluding tert-OH is 7. The van der Waals surface area contributed by atoms with Gasteiger partial charge in [0.25, 0.3) is 0 Å². The molecule has 14 N–H and O–H groups in total. The van der Waals surface area contributed by atoms with Crippen molar-refractivity contribution < 1.29 is 59.9 Å². The third-order valence-corrected chi connectivity index (χ3v) is 24.1. The molecule has 0 aromatic carbocycles. The van der Waals surface area contributed by atoms with Crippen LogP contribution in [-0.4, -0.2) is 155 Å². The lowest BCUT2D eigenvalue weighted by Gasteiger charge is -2.75. The second-order valence-electron chi connectivity index (χ2n) is 27.5. The summed E-state index contributed by atoms with van der Waals surface area (Å²) in [5.41, 5.74) is 3.44. The first-order valence-electron chi connectivity index (χ1n) is 29.6. The molecule has 2 aromatic heterocycles. The first-order chi connectivity index (χ1) is 37.6. The molecule has 2 spiro atoms. The lowest BCUT2D eigenvalue weighted by atomic mass is 9.28. The number of fused-ring (bicyclic) bond motifs is 2. The fraction of sp³-hybridized carbons (Fsp3) is 0.800. The van der Waals surface area contributed by atoms with Gasteiger partial charge in [-0.3, -0.25) is 9.59 Å². The van der Waals surface area contributed by atoms with Crippen molar-refractivity contribution in [2.75, 3.05) is 33.4 Å². The van der Waals surface area contributed by atoms with Gasteiger partial charge in [-0.2, -0.15) is 0 Å². The molecule has 7 aliphatic carbocycles. The number of imidazole rings is 2. The number of ether oxygens (including phenoxy) is 2. The summed E-state index contributed by atoms with van der Waals surface area (Å²) in [6.07, 6.45) is 7.89. The maximum Gasteiger partial charge on any atom is 0.310 e. The minimum absolute atomic E-state index is 0.0558. The van der Waals surface area contributed by atoms with Crippen molar-refractivity contribution >= 4 is 11.9 Å². The van der Waals surface area contributed by atoms with E-state index in [0.29, 0.717) is 90.0 Å². The molecule has 11 rings (SSSR count). The fourth-order valence-corrected chi connectivity index (χ4v) is 20.4. The highest BCUT2D eigenvalue weighted by molar-refractivity contribution is 5.86. The highest BCUT2D eigenvalue weighted by Crippen LogP contribution is 2.80. The smallest absolute Gasteiger partial charge is 0.310 e. The Bertz CT molecular complexity index is 2640. The van der Waals surface area contributed by atoms with Crippen LogP contribution >= 0.6 is 0 Å². The van der Waals surface area contributed by atoms with Gasteiger partial charge in [0, 0.05) is 89.8 Å². The summed E-state index contributed by atoms with van der Waals surface area (Å²) in [7, 11) is 1.81.